The number of hydrogen-bond donors (Lipinski definition) is 1. The molecule has 0 aliphatic heterocycles. The van der Waals surface area contributed by atoms with Gasteiger partial charge >= 0.3 is 0 Å². The van der Waals surface area contributed by atoms with E-state index in [1.54, 1.807) is 24.4 Å². The minimum atomic E-state index is -0.506. The number of anilines is 1. The van der Waals surface area contributed by atoms with Crippen molar-refractivity contribution in [2.24, 2.45) is 0 Å². The number of non-ortho nitro benzene ring substituents is 1. The molecule has 0 atom stereocenters. The van der Waals surface area contributed by atoms with Crippen molar-refractivity contribution in [3.63, 3.8) is 0 Å². The third kappa shape index (κ3) is 3.41. The molecule has 0 bridgehead atoms. The van der Waals surface area contributed by atoms with Gasteiger partial charge in [-0.2, -0.15) is 0 Å². The maximum absolute atomic E-state index is 13.0. The summed E-state index contributed by atoms with van der Waals surface area (Å²) in [5.74, 6) is -0.405. The molecule has 0 spiro atoms. The normalized spacial score (nSPS) is 10.6. The van der Waals surface area contributed by atoms with E-state index in [9.17, 15) is 14.9 Å². The van der Waals surface area contributed by atoms with E-state index in [4.69, 9.17) is 0 Å². The molecular weight excluding hydrogens is 356 g/mol. The monoisotopic (exact) mass is 370 g/mol. The van der Waals surface area contributed by atoms with Gasteiger partial charge in [0.1, 0.15) is 0 Å². The second-order valence-electron chi connectivity index (χ2n) is 6.06. The van der Waals surface area contributed by atoms with Gasteiger partial charge in [-0.25, -0.2) is 9.97 Å². The number of carbonyl (C=O) groups is 1. The average molecular weight is 370 g/mol. The number of nitro benzene ring substituents is 1. The SMILES string of the molecule is O=C(Nc1cccc([N+](=O)[O-])c1)c1cc2cccnc2nc1-c1ccccc1. The topological polar surface area (TPSA) is 98.0 Å². The summed E-state index contributed by atoms with van der Waals surface area (Å²) in [4.78, 5) is 32.3. The molecule has 0 radical (unpaired) electrons. The molecule has 7 nitrogen and oxygen atoms in total. The van der Waals surface area contributed by atoms with E-state index in [0.29, 0.717) is 22.6 Å². The van der Waals surface area contributed by atoms with Gasteiger partial charge in [0.2, 0.25) is 0 Å². The zero-order chi connectivity index (χ0) is 19.5. The highest BCUT2D eigenvalue weighted by molar-refractivity contribution is 6.10. The number of aromatic nitrogens is 2. The number of hydrogen-bond acceptors (Lipinski definition) is 5. The van der Waals surface area contributed by atoms with Crippen LogP contribution < -0.4 is 5.32 Å². The van der Waals surface area contributed by atoms with Crippen LogP contribution in [-0.2, 0) is 0 Å². The minimum Gasteiger partial charge on any atom is -0.322 e. The Labute approximate surface area is 159 Å². The van der Waals surface area contributed by atoms with E-state index < -0.39 is 10.8 Å². The zero-order valence-electron chi connectivity index (χ0n) is 14.6. The van der Waals surface area contributed by atoms with Gasteiger partial charge in [0.25, 0.3) is 11.6 Å². The Bertz CT molecular complexity index is 1190. The lowest BCUT2D eigenvalue weighted by atomic mass is 10.0. The Morgan fingerprint density at radius 1 is 0.964 bits per heavy atom. The Kier molecular flexibility index (Phi) is 4.47. The van der Waals surface area contributed by atoms with Crippen LogP contribution in [0.5, 0.6) is 0 Å². The molecule has 0 saturated carbocycles. The van der Waals surface area contributed by atoms with Crippen molar-refractivity contribution in [2.45, 2.75) is 0 Å². The van der Waals surface area contributed by atoms with Crippen molar-refractivity contribution in [2.75, 3.05) is 5.32 Å². The van der Waals surface area contributed by atoms with Gasteiger partial charge in [0.05, 0.1) is 16.2 Å². The standard InChI is InChI=1S/C21H14N4O3/c26-21(23-16-9-4-10-17(13-16)25(27)28)18-12-15-8-5-11-22-20(15)24-19(18)14-6-2-1-3-7-14/h1-13H,(H,23,26). The van der Waals surface area contributed by atoms with Gasteiger partial charge < -0.3 is 5.32 Å². The number of nitrogens with one attached hydrogen (secondary N) is 1. The summed E-state index contributed by atoms with van der Waals surface area (Å²) in [5.41, 5.74) is 2.41. The van der Waals surface area contributed by atoms with Crippen LogP contribution in [0.25, 0.3) is 22.3 Å². The van der Waals surface area contributed by atoms with E-state index in [1.807, 2.05) is 36.4 Å². The fourth-order valence-corrected chi connectivity index (χ4v) is 2.89. The van der Waals surface area contributed by atoms with E-state index in [1.165, 1.54) is 18.2 Å². The van der Waals surface area contributed by atoms with Crippen LogP contribution in [0.3, 0.4) is 0 Å². The Hall–Kier alpha value is -4.13. The van der Waals surface area contributed by atoms with Crippen LogP contribution in [0.2, 0.25) is 0 Å². The van der Waals surface area contributed by atoms with Crippen LogP contribution in [0.15, 0.2) is 79.0 Å². The van der Waals surface area contributed by atoms with Gasteiger partial charge in [0.15, 0.2) is 5.65 Å². The summed E-state index contributed by atoms with van der Waals surface area (Å²) < 4.78 is 0. The first kappa shape index (κ1) is 17.3. The number of pyridine rings is 2. The highest BCUT2D eigenvalue weighted by Crippen LogP contribution is 2.26. The summed E-state index contributed by atoms with van der Waals surface area (Å²) in [7, 11) is 0. The molecule has 2 aromatic heterocycles. The fourth-order valence-electron chi connectivity index (χ4n) is 2.89. The Morgan fingerprint density at radius 3 is 2.57 bits per heavy atom. The molecule has 28 heavy (non-hydrogen) atoms. The van der Waals surface area contributed by atoms with Crippen LogP contribution in [0.4, 0.5) is 11.4 Å². The number of rotatable bonds is 4. The molecule has 2 aromatic carbocycles. The van der Waals surface area contributed by atoms with Gasteiger partial charge in [-0.05, 0) is 24.3 Å². The first-order valence-corrected chi connectivity index (χ1v) is 8.49. The third-order valence-electron chi connectivity index (χ3n) is 4.20. The van der Waals surface area contributed by atoms with Crippen molar-refractivity contribution >= 4 is 28.3 Å². The van der Waals surface area contributed by atoms with Crippen LogP contribution >= 0.6 is 0 Å². The van der Waals surface area contributed by atoms with Crippen LogP contribution in [0.1, 0.15) is 10.4 Å². The lowest BCUT2D eigenvalue weighted by Gasteiger charge is -2.11. The van der Waals surface area contributed by atoms with Crippen LogP contribution in [0, 0.1) is 10.1 Å². The van der Waals surface area contributed by atoms with Crippen molar-refractivity contribution in [1.82, 2.24) is 9.97 Å². The number of nitro groups is 1. The second kappa shape index (κ2) is 7.24. The Balaban J connectivity index is 1.79. The summed E-state index contributed by atoms with van der Waals surface area (Å²) in [5, 5.41) is 14.4. The highest BCUT2D eigenvalue weighted by Gasteiger charge is 2.17. The molecular formula is C21H14N4O3. The van der Waals surface area contributed by atoms with Gasteiger partial charge in [0, 0.05) is 35.0 Å². The molecule has 1 N–H and O–H groups in total. The van der Waals surface area contributed by atoms with Crippen molar-refractivity contribution < 1.29 is 9.72 Å². The molecule has 0 aliphatic carbocycles. The van der Waals surface area contributed by atoms with Crippen LogP contribution in [-0.4, -0.2) is 20.8 Å². The Morgan fingerprint density at radius 2 is 1.79 bits per heavy atom. The first-order valence-electron chi connectivity index (χ1n) is 8.49. The van der Waals surface area contributed by atoms with E-state index in [2.05, 4.69) is 15.3 Å². The summed E-state index contributed by atoms with van der Waals surface area (Å²) >= 11 is 0. The number of carbonyl (C=O) groups excluding carboxylic acids is 1. The molecule has 4 rings (SSSR count). The summed E-state index contributed by atoms with van der Waals surface area (Å²) in [6.45, 7) is 0. The second-order valence-corrected chi connectivity index (χ2v) is 6.06. The number of nitrogens with zero attached hydrogens (tertiary/aromatic N) is 3. The number of fused-ring (bicyclic) bond motifs is 1. The van der Waals surface area contributed by atoms with E-state index in [-0.39, 0.29) is 5.69 Å². The largest absolute Gasteiger partial charge is 0.322 e. The first-order chi connectivity index (χ1) is 13.6. The van der Waals surface area contributed by atoms with E-state index >= 15 is 0 Å². The lowest BCUT2D eigenvalue weighted by Crippen LogP contribution is -2.14. The zero-order valence-corrected chi connectivity index (χ0v) is 14.6. The smallest absolute Gasteiger partial charge is 0.271 e. The summed E-state index contributed by atoms with van der Waals surface area (Å²) in [6, 6.07) is 20.5. The third-order valence-corrected chi connectivity index (χ3v) is 4.20. The minimum absolute atomic E-state index is 0.0954. The predicted octanol–water partition coefficient (Wildman–Crippen LogP) is 4.46. The maximum Gasteiger partial charge on any atom is 0.271 e. The lowest BCUT2D eigenvalue weighted by molar-refractivity contribution is -0.384. The molecule has 7 heteroatoms. The fraction of sp³-hybridized carbons (Fsp3) is 0. The number of benzene rings is 2. The predicted molar refractivity (Wildman–Crippen MR) is 106 cm³/mol. The molecule has 0 aliphatic rings. The molecule has 4 aromatic rings. The van der Waals surface area contributed by atoms with Crippen molar-refractivity contribution in [1.29, 1.82) is 0 Å². The molecule has 0 fully saturated rings. The molecule has 2 heterocycles. The quantitative estimate of drug-likeness (QED) is 0.422. The van der Waals surface area contributed by atoms with E-state index in [0.717, 1.165) is 10.9 Å². The molecule has 136 valence electrons. The van der Waals surface area contributed by atoms with Gasteiger partial charge in [-0.1, -0.05) is 36.4 Å². The molecule has 1 amide bonds. The average Bonchev–Trinajstić information content (AvgIpc) is 2.73. The van der Waals surface area contributed by atoms with Gasteiger partial charge in [-0.15, -0.1) is 0 Å². The van der Waals surface area contributed by atoms with Gasteiger partial charge in [-0.3, -0.25) is 14.9 Å². The maximum atomic E-state index is 13.0. The number of amides is 1. The van der Waals surface area contributed by atoms with Crippen molar-refractivity contribution in [3.8, 4) is 11.3 Å². The van der Waals surface area contributed by atoms with Crippen molar-refractivity contribution in [3.05, 3.63) is 94.7 Å². The highest BCUT2D eigenvalue weighted by atomic mass is 16.6. The molecule has 0 saturated heterocycles. The summed E-state index contributed by atoms with van der Waals surface area (Å²) in [6.07, 6.45) is 1.65. The molecule has 0 unspecified atom stereocenters.